The summed E-state index contributed by atoms with van der Waals surface area (Å²) in [5.41, 5.74) is 0. The molecule has 0 aliphatic heterocycles. The summed E-state index contributed by atoms with van der Waals surface area (Å²) in [5, 5.41) is 5.95. The predicted molar refractivity (Wildman–Crippen MR) is 88.8 cm³/mol. The molecule has 4 unspecified atom stereocenters. The van der Waals surface area contributed by atoms with E-state index < -0.39 is 10.8 Å². The van der Waals surface area contributed by atoms with Crippen molar-refractivity contribution in [2.45, 2.75) is 62.0 Å². The maximum absolute atomic E-state index is 12.9. The lowest BCUT2D eigenvalue weighted by Gasteiger charge is -2.37. The minimum atomic E-state index is -0.853. The Morgan fingerprint density at radius 1 is 1.45 bits per heavy atom. The first-order chi connectivity index (χ1) is 9.63. The van der Waals surface area contributed by atoms with Crippen molar-refractivity contribution in [3.63, 3.8) is 0 Å². The summed E-state index contributed by atoms with van der Waals surface area (Å²) in [7, 11) is -0.853. The van der Waals surface area contributed by atoms with Crippen LogP contribution in [-0.4, -0.2) is 22.0 Å². The van der Waals surface area contributed by atoms with Crippen LogP contribution in [0.15, 0.2) is 21.7 Å². The average molecular weight is 314 g/mol. The van der Waals surface area contributed by atoms with Crippen molar-refractivity contribution in [1.29, 1.82) is 0 Å². The molecule has 1 aromatic heterocycles. The molecule has 114 valence electrons. The number of rotatable bonds is 6. The van der Waals surface area contributed by atoms with E-state index in [2.05, 4.69) is 26.1 Å². The van der Waals surface area contributed by atoms with Gasteiger partial charge in [0.2, 0.25) is 0 Å². The van der Waals surface area contributed by atoms with Crippen molar-refractivity contribution in [2.75, 3.05) is 6.54 Å². The Labute approximate surface area is 129 Å². The van der Waals surface area contributed by atoms with Crippen LogP contribution in [0, 0.1) is 11.8 Å². The van der Waals surface area contributed by atoms with Crippen molar-refractivity contribution in [2.24, 2.45) is 11.8 Å². The molecule has 2 rings (SSSR count). The molecular formula is C16H27NOS2. The molecule has 0 bridgehead atoms. The van der Waals surface area contributed by atoms with E-state index in [1.807, 2.05) is 17.5 Å². The third-order valence-corrected chi connectivity index (χ3v) is 7.45. The average Bonchev–Trinajstić information content (AvgIpc) is 2.98. The first-order valence-corrected chi connectivity index (χ1v) is 9.90. The fourth-order valence-electron chi connectivity index (χ4n) is 3.09. The molecule has 0 amide bonds. The Morgan fingerprint density at radius 3 is 2.85 bits per heavy atom. The second-order valence-corrected chi connectivity index (χ2v) is 8.99. The van der Waals surface area contributed by atoms with Gasteiger partial charge in [0.05, 0.1) is 20.3 Å². The molecule has 1 aliphatic carbocycles. The maximum atomic E-state index is 12.9. The summed E-state index contributed by atoms with van der Waals surface area (Å²) in [6.07, 6.45) is 4.69. The van der Waals surface area contributed by atoms with Crippen molar-refractivity contribution in [3.8, 4) is 0 Å². The van der Waals surface area contributed by atoms with Crippen LogP contribution in [0.4, 0.5) is 0 Å². The molecule has 1 fully saturated rings. The highest BCUT2D eigenvalue weighted by Crippen LogP contribution is 2.35. The summed E-state index contributed by atoms with van der Waals surface area (Å²) < 4.78 is 13.9. The molecule has 1 N–H and O–H groups in total. The lowest BCUT2D eigenvalue weighted by molar-refractivity contribution is 0.244. The first-order valence-electron chi connectivity index (χ1n) is 7.81. The van der Waals surface area contributed by atoms with Gasteiger partial charge in [-0.1, -0.05) is 26.8 Å². The van der Waals surface area contributed by atoms with Crippen LogP contribution < -0.4 is 5.32 Å². The van der Waals surface area contributed by atoms with E-state index in [0.29, 0.717) is 12.0 Å². The summed E-state index contributed by atoms with van der Waals surface area (Å²) in [5.74, 6) is 1.42. The Morgan fingerprint density at radius 2 is 2.25 bits per heavy atom. The minimum Gasteiger partial charge on any atom is -0.313 e. The van der Waals surface area contributed by atoms with E-state index in [4.69, 9.17) is 0 Å². The molecule has 2 nitrogen and oxygen atoms in total. The number of nitrogens with one attached hydrogen (secondary N) is 1. The van der Waals surface area contributed by atoms with E-state index >= 15 is 0 Å². The Hall–Kier alpha value is -0.190. The second kappa shape index (κ2) is 7.71. The molecule has 4 atom stereocenters. The number of hydrogen-bond donors (Lipinski definition) is 1. The van der Waals surface area contributed by atoms with E-state index in [-0.39, 0.29) is 5.25 Å². The van der Waals surface area contributed by atoms with Crippen LogP contribution in [0.1, 0.15) is 46.5 Å². The van der Waals surface area contributed by atoms with Gasteiger partial charge in [0.15, 0.2) is 0 Å². The normalized spacial score (nSPS) is 28.7. The van der Waals surface area contributed by atoms with Gasteiger partial charge in [-0.25, -0.2) is 0 Å². The standard InChI is InChI=1S/C16H27NOS2/c1-4-9-17-14-8-7-13(12(2)3)11-15(14)20(18)16-6-5-10-19-16/h5-6,10,12-15,17H,4,7-9,11H2,1-3H3. The van der Waals surface area contributed by atoms with Gasteiger partial charge < -0.3 is 5.32 Å². The first kappa shape index (κ1) is 16.2. The Balaban J connectivity index is 2.10. The van der Waals surface area contributed by atoms with Crippen LogP contribution in [0.5, 0.6) is 0 Å². The van der Waals surface area contributed by atoms with Crippen molar-refractivity contribution in [3.05, 3.63) is 17.5 Å². The van der Waals surface area contributed by atoms with E-state index in [1.54, 1.807) is 11.3 Å². The second-order valence-electron chi connectivity index (χ2n) is 6.15. The zero-order valence-corrected chi connectivity index (χ0v) is 14.4. The third kappa shape index (κ3) is 3.92. The molecule has 0 spiro atoms. The Bertz CT molecular complexity index is 416. The SMILES string of the molecule is CCCNC1CCC(C(C)C)CC1S(=O)c1cccs1. The van der Waals surface area contributed by atoms with Gasteiger partial charge in [0, 0.05) is 6.04 Å². The fraction of sp³-hybridized carbons (Fsp3) is 0.750. The van der Waals surface area contributed by atoms with E-state index in [9.17, 15) is 4.21 Å². The molecule has 1 saturated carbocycles. The van der Waals surface area contributed by atoms with Crippen LogP contribution >= 0.6 is 11.3 Å². The summed E-state index contributed by atoms with van der Waals surface area (Å²) in [4.78, 5) is 0. The van der Waals surface area contributed by atoms with Crippen LogP contribution in [0.3, 0.4) is 0 Å². The molecule has 4 heteroatoms. The topological polar surface area (TPSA) is 29.1 Å². The van der Waals surface area contributed by atoms with Crippen molar-refractivity contribution >= 4 is 22.1 Å². The summed E-state index contributed by atoms with van der Waals surface area (Å²) in [6.45, 7) is 7.83. The van der Waals surface area contributed by atoms with Gasteiger partial charge in [-0.15, -0.1) is 11.3 Å². The highest BCUT2D eigenvalue weighted by molar-refractivity contribution is 7.88. The van der Waals surface area contributed by atoms with E-state index in [0.717, 1.165) is 29.5 Å². The minimum absolute atomic E-state index is 0.279. The predicted octanol–water partition coefficient (Wildman–Crippen LogP) is 4.05. The lowest BCUT2D eigenvalue weighted by atomic mass is 9.79. The van der Waals surface area contributed by atoms with Gasteiger partial charge in [0.1, 0.15) is 0 Å². The highest BCUT2D eigenvalue weighted by atomic mass is 32.2. The smallest absolute Gasteiger partial charge is 0.0914 e. The fourth-order valence-corrected chi connectivity index (χ4v) is 5.92. The largest absolute Gasteiger partial charge is 0.313 e. The molecular weight excluding hydrogens is 286 g/mol. The van der Waals surface area contributed by atoms with Crippen LogP contribution in [0.25, 0.3) is 0 Å². The lowest BCUT2D eigenvalue weighted by Crippen LogP contribution is -2.47. The molecule has 0 aromatic carbocycles. The van der Waals surface area contributed by atoms with Gasteiger partial charge in [-0.3, -0.25) is 4.21 Å². The van der Waals surface area contributed by atoms with Crippen molar-refractivity contribution < 1.29 is 4.21 Å². The molecule has 1 heterocycles. The molecule has 1 aromatic rings. The third-order valence-electron chi connectivity index (χ3n) is 4.40. The Kier molecular flexibility index (Phi) is 6.24. The van der Waals surface area contributed by atoms with Gasteiger partial charge in [-0.05, 0) is 55.5 Å². The highest BCUT2D eigenvalue weighted by Gasteiger charge is 2.35. The van der Waals surface area contributed by atoms with Gasteiger partial charge >= 0.3 is 0 Å². The van der Waals surface area contributed by atoms with Gasteiger partial charge in [0.25, 0.3) is 0 Å². The molecule has 1 aliphatic rings. The molecule has 0 saturated heterocycles. The number of hydrogen-bond acceptors (Lipinski definition) is 3. The van der Waals surface area contributed by atoms with Crippen LogP contribution in [-0.2, 0) is 10.8 Å². The van der Waals surface area contributed by atoms with Crippen LogP contribution in [0.2, 0.25) is 0 Å². The van der Waals surface area contributed by atoms with Gasteiger partial charge in [-0.2, -0.15) is 0 Å². The molecule has 0 radical (unpaired) electrons. The quantitative estimate of drug-likeness (QED) is 0.858. The zero-order chi connectivity index (χ0) is 14.5. The molecule has 20 heavy (non-hydrogen) atoms. The maximum Gasteiger partial charge on any atom is 0.0914 e. The van der Waals surface area contributed by atoms with Crippen molar-refractivity contribution in [1.82, 2.24) is 5.32 Å². The number of thiophene rings is 1. The summed E-state index contributed by atoms with van der Waals surface area (Å²) >= 11 is 1.63. The zero-order valence-electron chi connectivity index (χ0n) is 12.8. The van der Waals surface area contributed by atoms with E-state index in [1.165, 1.54) is 12.8 Å². The summed E-state index contributed by atoms with van der Waals surface area (Å²) in [6, 6.07) is 4.46. The monoisotopic (exact) mass is 313 g/mol.